The maximum atomic E-state index is 13.5. The summed E-state index contributed by atoms with van der Waals surface area (Å²) in [6.07, 6.45) is -3.08. The van der Waals surface area contributed by atoms with Gasteiger partial charge >= 0.3 is 18.1 Å². The van der Waals surface area contributed by atoms with Crippen LogP contribution in [-0.4, -0.2) is 36.4 Å². The first-order valence-corrected chi connectivity index (χ1v) is 8.62. The van der Waals surface area contributed by atoms with Crippen LogP contribution in [0, 0.1) is 6.92 Å². The maximum Gasteiger partial charge on any atom is 0.425 e. The highest BCUT2D eigenvalue weighted by atomic mass is 19.4. The second-order valence-corrected chi connectivity index (χ2v) is 5.88. The fourth-order valence-electron chi connectivity index (χ4n) is 2.26. The maximum absolute atomic E-state index is 13.5. The molecule has 0 fully saturated rings. The summed E-state index contributed by atoms with van der Waals surface area (Å²) in [6.45, 7) is 4.95. The first-order chi connectivity index (χ1) is 13.0. The smallest absolute Gasteiger partial charge is 0.425 e. The SMILES string of the molecule is CCOC(=O)C/C(=C\C=C\C(O)(c1ccc(C)cc1)C(F)(F)F)C(=O)OCC. The number of halogens is 3. The van der Waals surface area contributed by atoms with E-state index >= 15 is 0 Å². The number of allylic oxidation sites excluding steroid dienone is 2. The average molecular weight is 400 g/mol. The highest BCUT2D eigenvalue weighted by molar-refractivity contribution is 5.94. The van der Waals surface area contributed by atoms with Crippen molar-refractivity contribution in [3.8, 4) is 0 Å². The Morgan fingerprint density at radius 1 is 1.07 bits per heavy atom. The lowest BCUT2D eigenvalue weighted by molar-refractivity contribution is -0.245. The molecule has 0 heterocycles. The van der Waals surface area contributed by atoms with Gasteiger partial charge in [-0.3, -0.25) is 4.79 Å². The molecule has 28 heavy (non-hydrogen) atoms. The fraction of sp³-hybridized carbons (Fsp3) is 0.400. The minimum Gasteiger partial charge on any atom is -0.466 e. The number of benzene rings is 1. The van der Waals surface area contributed by atoms with Crippen LogP contribution in [0.25, 0.3) is 0 Å². The van der Waals surface area contributed by atoms with Crippen molar-refractivity contribution in [2.24, 2.45) is 0 Å². The van der Waals surface area contributed by atoms with Gasteiger partial charge in [0.2, 0.25) is 5.60 Å². The number of carbonyl (C=O) groups is 2. The Hall–Kier alpha value is -2.61. The van der Waals surface area contributed by atoms with Crippen molar-refractivity contribution in [2.45, 2.75) is 39.0 Å². The highest BCUT2D eigenvalue weighted by Gasteiger charge is 2.53. The van der Waals surface area contributed by atoms with E-state index in [1.807, 2.05) is 0 Å². The topological polar surface area (TPSA) is 72.8 Å². The van der Waals surface area contributed by atoms with E-state index in [-0.39, 0.29) is 24.4 Å². The lowest BCUT2D eigenvalue weighted by atomic mass is 9.91. The Kier molecular flexibility index (Phi) is 8.43. The Morgan fingerprint density at radius 3 is 2.14 bits per heavy atom. The molecule has 0 spiro atoms. The third-order valence-corrected chi connectivity index (χ3v) is 3.74. The van der Waals surface area contributed by atoms with Gasteiger partial charge < -0.3 is 14.6 Å². The predicted molar refractivity (Wildman–Crippen MR) is 96.2 cm³/mol. The zero-order valence-corrected chi connectivity index (χ0v) is 15.9. The summed E-state index contributed by atoms with van der Waals surface area (Å²) in [7, 11) is 0. The van der Waals surface area contributed by atoms with Gasteiger partial charge in [-0.1, -0.05) is 42.0 Å². The number of esters is 2. The summed E-state index contributed by atoms with van der Waals surface area (Å²) < 4.78 is 50.1. The number of ether oxygens (including phenoxy) is 2. The number of alkyl halides is 3. The first-order valence-electron chi connectivity index (χ1n) is 8.62. The number of hydrogen-bond acceptors (Lipinski definition) is 5. The van der Waals surface area contributed by atoms with Crippen LogP contribution in [0.2, 0.25) is 0 Å². The molecular formula is C20H23F3O5. The monoisotopic (exact) mass is 400 g/mol. The van der Waals surface area contributed by atoms with Crippen molar-refractivity contribution < 1.29 is 37.3 Å². The van der Waals surface area contributed by atoms with Gasteiger partial charge in [0.25, 0.3) is 0 Å². The zero-order chi connectivity index (χ0) is 21.4. The molecule has 0 aliphatic carbocycles. The van der Waals surface area contributed by atoms with E-state index in [1.165, 1.54) is 24.3 Å². The molecule has 1 atom stereocenters. The summed E-state index contributed by atoms with van der Waals surface area (Å²) in [5, 5.41) is 10.3. The highest BCUT2D eigenvalue weighted by Crippen LogP contribution is 2.40. The van der Waals surface area contributed by atoms with Crippen molar-refractivity contribution >= 4 is 11.9 Å². The minimum absolute atomic E-state index is 0.0264. The number of aliphatic hydroxyl groups is 1. The number of aryl methyl sites for hydroxylation is 1. The van der Waals surface area contributed by atoms with Crippen LogP contribution >= 0.6 is 0 Å². The molecule has 0 saturated heterocycles. The molecule has 0 aromatic heterocycles. The lowest BCUT2D eigenvalue weighted by Crippen LogP contribution is -2.40. The van der Waals surface area contributed by atoms with Crippen molar-refractivity contribution in [3.05, 3.63) is 59.2 Å². The van der Waals surface area contributed by atoms with Gasteiger partial charge in [-0.2, -0.15) is 13.2 Å². The van der Waals surface area contributed by atoms with E-state index in [9.17, 15) is 27.9 Å². The normalized spacial score (nSPS) is 14.6. The molecule has 0 aliphatic heterocycles. The summed E-state index contributed by atoms with van der Waals surface area (Å²) in [4.78, 5) is 23.5. The van der Waals surface area contributed by atoms with Gasteiger partial charge in [0.1, 0.15) is 0 Å². The van der Waals surface area contributed by atoms with E-state index in [1.54, 1.807) is 20.8 Å². The second kappa shape index (κ2) is 10.1. The van der Waals surface area contributed by atoms with Gasteiger partial charge in [-0.25, -0.2) is 4.79 Å². The van der Waals surface area contributed by atoms with Crippen LogP contribution in [0.3, 0.4) is 0 Å². The number of hydrogen-bond donors (Lipinski definition) is 1. The number of rotatable bonds is 8. The van der Waals surface area contributed by atoms with E-state index in [0.717, 1.165) is 17.7 Å². The molecule has 1 aromatic rings. The van der Waals surface area contributed by atoms with Crippen LogP contribution < -0.4 is 0 Å². The lowest BCUT2D eigenvalue weighted by Gasteiger charge is -2.28. The standard InChI is InChI=1S/C20H23F3O5/c1-4-27-17(24)13-15(18(25)28-5-2)7-6-12-19(26,20(21,22)23)16-10-8-14(3)9-11-16/h6-12,26H,4-5,13H2,1-3H3/b12-6+,15-7+. The summed E-state index contributed by atoms with van der Waals surface area (Å²) in [5.41, 5.74) is -3.10. The van der Waals surface area contributed by atoms with Crippen LogP contribution in [0.15, 0.2) is 48.1 Å². The third kappa shape index (κ3) is 6.23. The predicted octanol–water partition coefficient (Wildman–Crippen LogP) is 3.74. The Labute approximate surface area is 161 Å². The third-order valence-electron chi connectivity index (χ3n) is 3.74. The van der Waals surface area contributed by atoms with Crippen molar-refractivity contribution in [1.82, 2.24) is 0 Å². The van der Waals surface area contributed by atoms with Crippen LogP contribution in [0.1, 0.15) is 31.4 Å². The van der Waals surface area contributed by atoms with Crippen molar-refractivity contribution in [2.75, 3.05) is 13.2 Å². The van der Waals surface area contributed by atoms with E-state index in [4.69, 9.17) is 9.47 Å². The molecule has 1 unspecified atom stereocenters. The van der Waals surface area contributed by atoms with E-state index in [0.29, 0.717) is 6.08 Å². The second-order valence-electron chi connectivity index (χ2n) is 5.88. The average Bonchev–Trinajstić information content (AvgIpc) is 2.60. The molecule has 0 radical (unpaired) electrons. The number of carbonyl (C=O) groups excluding carboxylic acids is 2. The van der Waals surface area contributed by atoms with Crippen LogP contribution in [-0.2, 0) is 24.7 Å². The first kappa shape index (κ1) is 23.4. The molecule has 0 bridgehead atoms. The Bertz CT molecular complexity index is 735. The molecule has 5 nitrogen and oxygen atoms in total. The van der Waals surface area contributed by atoms with Crippen molar-refractivity contribution in [1.29, 1.82) is 0 Å². The molecule has 1 rings (SSSR count). The molecule has 1 aromatic carbocycles. The summed E-state index contributed by atoms with van der Waals surface area (Å²) >= 11 is 0. The molecule has 154 valence electrons. The summed E-state index contributed by atoms with van der Waals surface area (Å²) in [6, 6.07) is 5.23. The molecule has 0 aliphatic rings. The van der Waals surface area contributed by atoms with Gasteiger partial charge in [0.15, 0.2) is 0 Å². The van der Waals surface area contributed by atoms with E-state index < -0.39 is 30.1 Å². The molecule has 0 amide bonds. The molecule has 1 N–H and O–H groups in total. The fourth-order valence-corrected chi connectivity index (χ4v) is 2.26. The van der Waals surface area contributed by atoms with Gasteiger partial charge in [-0.15, -0.1) is 0 Å². The van der Waals surface area contributed by atoms with Gasteiger partial charge in [0, 0.05) is 5.57 Å². The van der Waals surface area contributed by atoms with Crippen LogP contribution in [0.5, 0.6) is 0 Å². The van der Waals surface area contributed by atoms with Crippen LogP contribution in [0.4, 0.5) is 13.2 Å². The van der Waals surface area contributed by atoms with Gasteiger partial charge in [-0.05, 0) is 32.4 Å². The molecule has 8 heteroatoms. The minimum atomic E-state index is -5.00. The Morgan fingerprint density at radius 2 is 1.64 bits per heavy atom. The quantitative estimate of drug-likeness (QED) is 0.409. The molecular weight excluding hydrogens is 377 g/mol. The Balaban J connectivity index is 3.24. The summed E-state index contributed by atoms with van der Waals surface area (Å²) in [5.74, 6) is -1.58. The van der Waals surface area contributed by atoms with E-state index in [2.05, 4.69) is 0 Å². The zero-order valence-electron chi connectivity index (χ0n) is 15.9. The van der Waals surface area contributed by atoms with Gasteiger partial charge in [0.05, 0.1) is 19.6 Å². The van der Waals surface area contributed by atoms with Crippen molar-refractivity contribution in [3.63, 3.8) is 0 Å². The molecule has 0 saturated carbocycles. The largest absolute Gasteiger partial charge is 0.466 e.